The summed E-state index contributed by atoms with van der Waals surface area (Å²) in [6.45, 7) is 0. The highest BCUT2D eigenvalue weighted by Crippen LogP contribution is 2.62. The van der Waals surface area contributed by atoms with Gasteiger partial charge < -0.3 is 0 Å². The zero-order chi connectivity index (χ0) is 14.5. The van der Waals surface area contributed by atoms with Gasteiger partial charge in [0.2, 0.25) is 3.23 Å². The molecule has 0 N–H and O–H groups in total. The SMILES string of the molecule is FC(F)(F)C(F)(F)C(Br)(Br)C(F)(F)C(F)(F)Br. The molecule has 12 heteroatoms. The fourth-order valence-electron chi connectivity index (χ4n) is 0.553. The van der Waals surface area contributed by atoms with Crippen molar-refractivity contribution in [3.05, 3.63) is 0 Å². The van der Waals surface area contributed by atoms with Crippen LogP contribution in [0.25, 0.3) is 0 Å². The molecule has 0 heterocycles. The molecule has 0 aliphatic rings. The van der Waals surface area contributed by atoms with Crippen molar-refractivity contribution in [1.29, 1.82) is 0 Å². The summed E-state index contributed by atoms with van der Waals surface area (Å²) in [6.07, 6.45) is -6.46. The van der Waals surface area contributed by atoms with Gasteiger partial charge in [-0.05, 0) is 15.9 Å². The van der Waals surface area contributed by atoms with Crippen LogP contribution < -0.4 is 0 Å². The Morgan fingerprint density at radius 3 is 1.00 bits per heavy atom. The summed E-state index contributed by atoms with van der Waals surface area (Å²) in [7, 11) is 0. The lowest BCUT2D eigenvalue weighted by atomic mass is 10.1. The third-order valence-corrected chi connectivity index (χ3v) is 3.99. The molecule has 17 heavy (non-hydrogen) atoms. The highest BCUT2D eigenvalue weighted by molar-refractivity contribution is 9.25. The first kappa shape index (κ1) is 17.8. The van der Waals surface area contributed by atoms with E-state index >= 15 is 0 Å². The van der Waals surface area contributed by atoms with Crippen LogP contribution >= 0.6 is 47.8 Å². The molecular formula is C5Br3F9. The summed E-state index contributed by atoms with van der Waals surface area (Å²) < 4.78 is 107. The van der Waals surface area contributed by atoms with Crippen LogP contribution in [-0.2, 0) is 0 Å². The van der Waals surface area contributed by atoms with E-state index in [2.05, 4.69) is 0 Å². The Morgan fingerprint density at radius 1 is 0.529 bits per heavy atom. The smallest absolute Gasteiger partial charge is 0.196 e. The zero-order valence-electron chi connectivity index (χ0n) is 7.04. The van der Waals surface area contributed by atoms with Crippen molar-refractivity contribution in [2.24, 2.45) is 0 Å². The van der Waals surface area contributed by atoms with Gasteiger partial charge in [-0.1, -0.05) is 31.9 Å². The van der Waals surface area contributed by atoms with Crippen LogP contribution in [0, 0.1) is 0 Å². The Kier molecular flexibility index (Phi) is 4.64. The Hall–Kier alpha value is 0.810. The molecule has 0 radical (unpaired) electrons. The molecule has 0 amide bonds. The minimum absolute atomic E-state index is 1.05. The fraction of sp³-hybridized carbons (Fsp3) is 1.00. The predicted octanol–water partition coefficient (Wildman–Crippen LogP) is 5.29. The van der Waals surface area contributed by atoms with Crippen molar-refractivity contribution in [1.82, 2.24) is 0 Å². The molecule has 0 saturated heterocycles. The molecule has 0 rings (SSSR count). The van der Waals surface area contributed by atoms with Crippen LogP contribution in [-0.4, -0.2) is 26.1 Å². The monoisotopic (exact) mass is 468 g/mol. The minimum Gasteiger partial charge on any atom is -0.196 e. The molecule has 0 nitrogen and oxygen atoms in total. The fourth-order valence-corrected chi connectivity index (χ4v) is 2.33. The van der Waals surface area contributed by atoms with E-state index < -0.39 is 26.1 Å². The molecule has 0 unspecified atom stereocenters. The molecule has 0 aromatic rings. The van der Waals surface area contributed by atoms with Crippen molar-refractivity contribution in [2.45, 2.75) is 26.1 Å². The Bertz CT molecular complexity index is 260. The molecule has 0 fully saturated rings. The molecule has 0 atom stereocenters. The summed E-state index contributed by atoms with van der Waals surface area (Å²) in [6, 6.07) is 0. The standard InChI is InChI=1S/C5Br3F9/c6-1(7,2(9,10)4(8,13)14)3(11,12)5(15,16)17. The quantitative estimate of drug-likeness (QED) is 0.388. The summed E-state index contributed by atoms with van der Waals surface area (Å²) in [5.41, 5.74) is 0. The van der Waals surface area contributed by atoms with Gasteiger partial charge in [-0.25, -0.2) is 0 Å². The Balaban J connectivity index is 5.73. The van der Waals surface area contributed by atoms with Gasteiger partial charge in [-0.2, -0.15) is 39.5 Å². The minimum atomic E-state index is -6.46. The summed E-state index contributed by atoms with van der Waals surface area (Å²) in [5.74, 6) is -11.9. The van der Waals surface area contributed by atoms with Crippen LogP contribution in [0.5, 0.6) is 0 Å². The molecule has 0 aliphatic heterocycles. The molecule has 0 aromatic heterocycles. The van der Waals surface area contributed by atoms with E-state index in [1.807, 2.05) is 0 Å². The van der Waals surface area contributed by atoms with Crippen molar-refractivity contribution in [3.63, 3.8) is 0 Å². The average molecular weight is 471 g/mol. The van der Waals surface area contributed by atoms with Crippen molar-refractivity contribution >= 4 is 47.8 Å². The van der Waals surface area contributed by atoms with E-state index in [1.54, 1.807) is 0 Å². The predicted molar refractivity (Wildman–Crippen MR) is 50.4 cm³/mol. The number of hydrogen-bond donors (Lipinski definition) is 0. The highest BCUT2D eigenvalue weighted by Gasteiger charge is 2.82. The number of hydrogen-bond acceptors (Lipinski definition) is 0. The third kappa shape index (κ3) is 2.72. The number of alkyl halides is 12. The lowest BCUT2D eigenvalue weighted by Crippen LogP contribution is -2.63. The van der Waals surface area contributed by atoms with Gasteiger partial charge in [0.05, 0.1) is 0 Å². The van der Waals surface area contributed by atoms with Gasteiger partial charge in [0, 0.05) is 0 Å². The maximum Gasteiger partial charge on any atom is 0.456 e. The largest absolute Gasteiger partial charge is 0.456 e. The van der Waals surface area contributed by atoms with Gasteiger partial charge in [-0.3, -0.25) is 0 Å². The lowest BCUT2D eigenvalue weighted by molar-refractivity contribution is -0.310. The first-order valence-corrected chi connectivity index (χ1v) is 5.65. The van der Waals surface area contributed by atoms with Gasteiger partial charge in [0.1, 0.15) is 0 Å². The van der Waals surface area contributed by atoms with Crippen LogP contribution in [0.1, 0.15) is 0 Å². The second-order valence-electron chi connectivity index (χ2n) is 2.72. The lowest BCUT2D eigenvalue weighted by Gasteiger charge is -2.38. The van der Waals surface area contributed by atoms with E-state index in [1.165, 1.54) is 31.9 Å². The Labute approximate surface area is 113 Å². The van der Waals surface area contributed by atoms with Crippen LogP contribution in [0.4, 0.5) is 39.5 Å². The van der Waals surface area contributed by atoms with E-state index in [4.69, 9.17) is 0 Å². The van der Waals surface area contributed by atoms with Gasteiger partial charge in [0.15, 0.2) is 0 Å². The molecule has 0 aliphatic carbocycles. The molecule has 0 aromatic carbocycles. The van der Waals surface area contributed by atoms with E-state index in [0.29, 0.717) is 0 Å². The van der Waals surface area contributed by atoms with Crippen molar-refractivity contribution in [3.8, 4) is 0 Å². The van der Waals surface area contributed by atoms with Crippen molar-refractivity contribution < 1.29 is 39.5 Å². The van der Waals surface area contributed by atoms with Gasteiger partial charge in [-0.15, -0.1) is 0 Å². The van der Waals surface area contributed by atoms with Crippen LogP contribution in [0.15, 0.2) is 0 Å². The third-order valence-electron chi connectivity index (χ3n) is 1.50. The van der Waals surface area contributed by atoms with Gasteiger partial charge in [0.25, 0.3) is 0 Å². The average Bonchev–Trinajstić information content (AvgIpc) is 1.98. The maximum atomic E-state index is 12.9. The maximum absolute atomic E-state index is 12.9. The van der Waals surface area contributed by atoms with E-state index in [0.717, 1.165) is 15.9 Å². The number of halogens is 12. The summed E-state index contributed by atoms with van der Waals surface area (Å²) in [5, 5.41) is 0. The molecular weight excluding hydrogens is 471 g/mol. The Morgan fingerprint density at radius 2 is 0.824 bits per heavy atom. The van der Waals surface area contributed by atoms with Gasteiger partial charge >= 0.3 is 22.9 Å². The zero-order valence-corrected chi connectivity index (χ0v) is 11.8. The molecule has 0 bridgehead atoms. The normalized spacial score (nSPS) is 16.2. The second kappa shape index (κ2) is 4.43. The first-order chi connectivity index (χ1) is 7.00. The molecule has 104 valence electrons. The van der Waals surface area contributed by atoms with E-state index in [9.17, 15) is 39.5 Å². The highest BCUT2D eigenvalue weighted by atomic mass is 79.9. The second-order valence-corrected chi connectivity index (χ2v) is 7.16. The number of rotatable bonds is 3. The van der Waals surface area contributed by atoms with E-state index in [-0.39, 0.29) is 0 Å². The van der Waals surface area contributed by atoms with Crippen LogP contribution in [0.3, 0.4) is 0 Å². The molecule has 0 saturated carbocycles. The van der Waals surface area contributed by atoms with Crippen LogP contribution in [0.2, 0.25) is 0 Å². The summed E-state index contributed by atoms with van der Waals surface area (Å²) in [4.78, 5) is -5.29. The first-order valence-electron chi connectivity index (χ1n) is 3.27. The van der Waals surface area contributed by atoms with Crippen molar-refractivity contribution in [2.75, 3.05) is 0 Å². The molecule has 0 spiro atoms. The summed E-state index contributed by atoms with van der Waals surface area (Å²) >= 11 is 3.62. The topological polar surface area (TPSA) is 0 Å².